The van der Waals surface area contributed by atoms with Gasteiger partial charge in [0.15, 0.2) is 6.61 Å². The summed E-state index contributed by atoms with van der Waals surface area (Å²) in [5, 5.41) is 3.65. The highest BCUT2D eigenvalue weighted by Gasteiger charge is 2.30. The molecule has 0 saturated heterocycles. The number of hydrogen-bond acceptors (Lipinski definition) is 3. The normalized spacial score (nSPS) is 11.8. The molecule has 2 aromatic carbocycles. The first-order valence-corrected chi connectivity index (χ1v) is 10.4. The SMILES string of the molecule is CCC(C(=O)NC(C)C)N(Cc1c(Cl)cccc1Cl)C(=O)COc1ccc(F)cc1. The summed E-state index contributed by atoms with van der Waals surface area (Å²) < 4.78 is 18.6. The number of amides is 2. The molecule has 0 saturated carbocycles. The predicted molar refractivity (Wildman–Crippen MR) is 116 cm³/mol. The largest absolute Gasteiger partial charge is 0.484 e. The van der Waals surface area contributed by atoms with Gasteiger partial charge in [0.2, 0.25) is 5.91 Å². The van der Waals surface area contributed by atoms with Crippen molar-refractivity contribution in [3.63, 3.8) is 0 Å². The fraction of sp³-hybridized carbons (Fsp3) is 0.364. The van der Waals surface area contributed by atoms with Crippen molar-refractivity contribution >= 4 is 35.0 Å². The number of nitrogens with one attached hydrogen (secondary N) is 1. The van der Waals surface area contributed by atoms with Crippen molar-refractivity contribution in [1.29, 1.82) is 0 Å². The summed E-state index contributed by atoms with van der Waals surface area (Å²) >= 11 is 12.6. The Balaban J connectivity index is 2.27. The summed E-state index contributed by atoms with van der Waals surface area (Å²) in [4.78, 5) is 27.2. The third kappa shape index (κ3) is 6.61. The van der Waals surface area contributed by atoms with Crippen LogP contribution >= 0.6 is 23.2 Å². The molecule has 1 atom stereocenters. The smallest absolute Gasteiger partial charge is 0.261 e. The van der Waals surface area contributed by atoms with Gasteiger partial charge in [-0.2, -0.15) is 0 Å². The number of rotatable bonds is 9. The maximum atomic E-state index is 13.1. The van der Waals surface area contributed by atoms with Crippen molar-refractivity contribution < 1.29 is 18.7 Å². The van der Waals surface area contributed by atoms with E-state index in [1.807, 2.05) is 20.8 Å². The quantitative estimate of drug-likeness (QED) is 0.589. The number of carbonyl (C=O) groups excluding carboxylic acids is 2. The first-order chi connectivity index (χ1) is 14.2. The molecule has 2 aromatic rings. The van der Waals surface area contributed by atoms with Gasteiger partial charge < -0.3 is 15.0 Å². The molecule has 0 aliphatic rings. The Labute approximate surface area is 186 Å². The van der Waals surface area contributed by atoms with Crippen molar-refractivity contribution in [1.82, 2.24) is 10.2 Å². The Kier molecular flexibility index (Phi) is 8.93. The topological polar surface area (TPSA) is 58.6 Å². The van der Waals surface area contributed by atoms with Crippen LogP contribution in [0.2, 0.25) is 10.0 Å². The molecular weight excluding hydrogens is 430 g/mol. The van der Waals surface area contributed by atoms with Gasteiger partial charge in [0.05, 0.1) is 0 Å². The van der Waals surface area contributed by atoms with E-state index in [4.69, 9.17) is 27.9 Å². The molecule has 0 aliphatic heterocycles. The highest BCUT2D eigenvalue weighted by molar-refractivity contribution is 6.36. The van der Waals surface area contributed by atoms with E-state index in [0.717, 1.165) is 0 Å². The minimum Gasteiger partial charge on any atom is -0.484 e. The van der Waals surface area contributed by atoms with Gasteiger partial charge in [-0.25, -0.2) is 4.39 Å². The van der Waals surface area contributed by atoms with Crippen LogP contribution in [0.3, 0.4) is 0 Å². The predicted octanol–water partition coefficient (Wildman–Crippen LogP) is 4.84. The van der Waals surface area contributed by atoms with E-state index >= 15 is 0 Å². The Morgan fingerprint density at radius 3 is 2.23 bits per heavy atom. The number of ether oxygens (including phenoxy) is 1. The minimum atomic E-state index is -0.732. The molecule has 1 N–H and O–H groups in total. The average Bonchev–Trinajstić information content (AvgIpc) is 2.68. The van der Waals surface area contributed by atoms with Crippen LogP contribution in [0.25, 0.3) is 0 Å². The zero-order chi connectivity index (χ0) is 22.3. The van der Waals surface area contributed by atoms with Gasteiger partial charge in [0, 0.05) is 28.2 Å². The number of benzene rings is 2. The third-order valence-corrected chi connectivity index (χ3v) is 5.09. The molecule has 5 nitrogen and oxygen atoms in total. The Bertz CT molecular complexity index is 855. The molecule has 0 spiro atoms. The molecule has 0 radical (unpaired) electrons. The Hall–Kier alpha value is -2.31. The number of halogens is 3. The molecule has 0 aliphatic carbocycles. The van der Waals surface area contributed by atoms with Crippen LogP contribution in [0.5, 0.6) is 5.75 Å². The number of nitrogens with zero attached hydrogens (tertiary/aromatic N) is 1. The van der Waals surface area contributed by atoms with Gasteiger partial charge in [-0.3, -0.25) is 9.59 Å². The second-order valence-electron chi connectivity index (χ2n) is 7.05. The van der Waals surface area contributed by atoms with Crippen LogP contribution in [-0.4, -0.2) is 35.4 Å². The van der Waals surface area contributed by atoms with Crippen LogP contribution in [0, 0.1) is 5.82 Å². The summed E-state index contributed by atoms with van der Waals surface area (Å²) in [6, 6.07) is 9.59. The van der Waals surface area contributed by atoms with E-state index in [1.54, 1.807) is 18.2 Å². The van der Waals surface area contributed by atoms with Gasteiger partial charge in [-0.1, -0.05) is 36.2 Å². The van der Waals surface area contributed by atoms with Crippen LogP contribution in [0.1, 0.15) is 32.8 Å². The first kappa shape index (κ1) is 24.0. The lowest BCUT2D eigenvalue weighted by atomic mass is 10.1. The van der Waals surface area contributed by atoms with Gasteiger partial charge >= 0.3 is 0 Å². The molecule has 0 bridgehead atoms. The average molecular weight is 455 g/mol. The molecule has 0 aromatic heterocycles. The van der Waals surface area contributed by atoms with Crippen molar-refractivity contribution in [2.24, 2.45) is 0 Å². The zero-order valence-corrected chi connectivity index (χ0v) is 18.6. The highest BCUT2D eigenvalue weighted by atomic mass is 35.5. The lowest BCUT2D eigenvalue weighted by Gasteiger charge is -2.31. The van der Waals surface area contributed by atoms with E-state index < -0.39 is 17.8 Å². The fourth-order valence-corrected chi connectivity index (χ4v) is 3.43. The second-order valence-corrected chi connectivity index (χ2v) is 7.87. The highest BCUT2D eigenvalue weighted by Crippen LogP contribution is 2.27. The van der Waals surface area contributed by atoms with Crippen LogP contribution in [-0.2, 0) is 16.1 Å². The molecule has 1 unspecified atom stereocenters. The van der Waals surface area contributed by atoms with Crippen LogP contribution < -0.4 is 10.1 Å². The van der Waals surface area contributed by atoms with Gasteiger partial charge in [-0.05, 0) is 56.7 Å². The van der Waals surface area contributed by atoms with E-state index in [1.165, 1.54) is 29.2 Å². The number of hydrogen-bond donors (Lipinski definition) is 1. The summed E-state index contributed by atoms with van der Waals surface area (Å²) in [5.74, 6) is -0.743. The van der Waals surface area contributed by atoms with Crippen molar-refractivity contribution in [2.45, 2.75) is 45.8 Å². The summed E-state index contributed by atoms with van der Waals surface area (Å²) in [6.45, 7) is 5.24. The molecule has 2 rings (SSSR count). The zero-order valence-electron chi connectivity index (χ0n) is 17.1. The van der Waals surface area contributed by atoms with Gasteiger partial charge in [-0.15, -0.1) is 0 Å². The molecule has 162 valence electrons. The fourth-order valence-electron chi connectivity index (χ4n) is 2.91. The molecule has 2 amide bonds. The molecule has 0 fully saturated rings. The third-order valence-electron chi connectivity index (χ3n) is 4.38. The lowest BCUT2D eigenvalue weighted by molar-refractivity contribution is -0.143. The van der Waals surface area contributed by atoms with E-state index in [0.29, 0.717) is 27.8 Å². The molecular formula is C22H25Cl2FN2O3. The number of carbonyl (C=O) groups is 2. The lowest BCUT2D eigenvalue weighted by Crippen LogP contribution is -2.51. The van der Waals surface area contributed by atoms with E-state index in [-0.39, 0.29) is 25.1 Å². The molecule has 30 heavy (non-hydrogen) atoms. The van der Waals surface area contributed by atoms with Crippen LogP contribution in [0.15, 0.2) is 42.5 Å². The van der Waals surface area contributed by atoms with Gasteiger partial charge in [0.25, 0.3) is 5.91 Å². The second kappa shape index (κ2) is 11.2. The minimum absolute atomic E-state index is 0.0497. The standard InChI is InChI=1S/C22H25Cl2FN2O3/c1-4-20(22(29)26-14(2)3)27(12-17-18(23)6-5-7-19(17)24)21(28)13-30-16-10-8-15(25)9-11-16/h5-11,14,20H,4,12-13H2,1-3H3,(H,26,29). The van der Waals surface area contributed by atoms with E-state index in [9.17, 15) is 14.0 Å². The molecule has 8 heteroatoms. The summed E-state index contributed by atoms with van der Waals surface area (Å²) in [7, 11) is 0. The monoisotopic (exact) mass is 454 g/mol. The maximum Gasteiger partial charge on any atom is 0.261 e. The summed E-state index contributed by atoms with van der Waals surface area (Å²) in [6.07, 6.45) is 0.392. The van der Waals surface area contributed by atoms with Gasteiger partial charge in [0.1, 0.15) is 17.6 Å². The van der Waals surface area contributed by atoms with Crippen molar-refractivity contribution in [3.8, 4) is 5.75 Å². The van der Waals surface area contributed by atoms with E-state index in [2.05, 4.69) is 5.32 Å². The summed E-state index contributed by atoms with van der Waals surface area (Å²) in [5.41, 5.74) is 0.548. The Morgan fingerprint density at radius 1 is 1.10 bits per heavy atom. The van der Waals surface area contributed by atoms with Crippen LogP contribution in [0.4, 0.5) is 4.39 Å². The van der Waals surface area contributed by atoms with Crippen molar-refractivity contribution in [2.75, 3.05) is 6.61 Å². The van der Waals surface area contributed by atoms with Crippen molar-refractivity contribution in [3.05, 3.63) is 63.9 Å². The Morgan fingerprint density at radius 2 is 1.70 bits per heavy atom. The maximum absolute atomic E-state index is 13.1. The first-order valence-electron chi connectivity index (χ1n) is 9.64. The molecule has 0 heterocycles.